The molecule has 0 radical (unpaired) electrons. The lowest BCUT2D eigenvalue weighted by Gasteiger charge is -2.33. The summed E-state index contributed by atoms with van der Waals surface area (Å²) in [6, 6.07) is 15.5. The van der Waals surface area contributed by atoms with Crippen molar-refractivity contribution >= 4 is 11.0 Å². The second-order valence-electron chi connectivity index (χ2n) is 7.06. The molecule has 4 heteroatoms. The van der Waals surface area contributed by atoms with Crippen LogP contribution in [0.2, 0.25) is 0 Å². The highest BCUT2D eigenvalue weighted by atomic mass is 15.2. The van der Waals surface area contributed by atoms with Crippen LogP contribution in [-0.2, 0) is 6.42 Å². The van der Waals surface area contributed by atoms with Gasteiger partial charge in [0.05, 0.1) is 11.0 Å². The quantitative estimate of drug-likeness (QED) is 0.769. The summed E-state index contributed by atoms with van der Waals surface area (Å²) < 4.78 is 0. The fourth-order valence-electron chi connectivity index (χ4n) is 3.67. The van der Waals surface area contributed by atoms with Gasteiger partial charge in [0.15, 0.2) is 0 Å². The lowest BCUT2D eigenvalue weighted by atomic mass is 10.0. The van der Waals surface area contributed by atoms with Gasteiger partial charge in [-0.1, -0.05) is 36.4 Å². The van der Waals surface area contributed by atoms with E-state index < -0.39 is 0 Å². The van der Waals surface area contributed by atoms with Gasteiger partial charge in [0, 0.05) is 38.6 Å². The molecule has 1 atom stereocenters. The molecule has 1 aromatic heterocycles. The Hall–Kier alpha value is -2.17. The van der Waals surface area contributed by atoms with E-state index in [2.05, 4.69) is 71.5 Å². The van der Waals surface area contributed by atoms with Gasteiger partial charge in [0.25, 0.3) is 0 Å². The summed E-state index contributed by atoms with van der Waals surface area (Å²) in [4.78, 5) is 10.9. The van der Waals surface area contributed by atoms with E-state index in [0.717, 1.165) is 49.5 Å². The van der Waals surface area contributed by atoms with Crippen molar-refractivity contribution in [3.05, 3.63) is 65.0 Å². The Morgan fingerprint density at radius 3 is 2.80 bits per heavy atom. The van der Waals surface area contributed by atoms with Gasteiger partial charge in [-0.25, -0.2) is 4.98 Å². The Morgan fingerprint density at radius 1 is 1.12 bits per heavy atom. The second-order valence-corrected chi connectivity index (χ2v) is 7.06. The summed E-state index contributed by atoms with van der Waals surface area (Å²) in [7, 11) is 0. The maximum atomic E-state index is 4.84. The lowest BCUT2D eigenvalue weighted by molar-refractivity contribution is 0.202. The molecular weight excluding hydrogens is 308 g/mol. The highest BCUT2D eigenvalue weighted by Gasteiger charge is 2.20. The van der Waals surface area contributed by atoms with Gasteiger partial charge < -0.3 is 10.3 Å². The molecule has 0 aliphatic carbocycles. The molecule has 1 unspecified atom stereocenters. The fraction of sp³-hybridized carbons (Fsp3) is 0.381. The summed E-state index contributed by atoms with van der Waals surface area (Å²) in [6.45, 7) is 8.54. The van der Waals surface area contributed by atoms with Gasteiger partial charge in [0.1, 0.15) is 5.82 Å². The molecule has 1 aliphatic heterocycles. The van der Waals surface area contributed by atoms with E-state index in [1.54, 1.807) is 0 Å². The van der Waals surface area contributed by atoms with Crippen LogP contribution in [0, 0.1) is 13.8 Å². The van der Waals surface area contributed by atoms with Gasteiger partial charge in [-0.05, 0) is 36.6 Å². The molecule has 130 valence electrons. The number of H-pyrrole nitrogens is 1. The molecule has 0 bridgehead atoms. The van der Waals surface area contributed by atoms with E-state index >= 15 is 0 Å². The molecule has 25 heavy (non-hydrogen) atoms. The number of nitrogens with zero attached hydrogens (tertiary/aromatic N) is 2. The summed E-state index contributed by atoms with van der Waals surface area (Å²) in [5, 5.41) is 3.63. The molecule has 0 saturated carbocycles. The van der Waals surface area contributed by atoms with Gasteiger partial charge in [0.2, 0.25) is 0 Å². The number of aromatic nitrogens is 2. The number of benzene rings is 2. The van der Waals surface area contributed by atoms with Crippen LogP contribution in [0.25, 0.3) is 11.0 Å². The number of imidazole rings is 1. The first kappa shape index (κ1) is 16.3. The maximum absolute atomic E-state index is 4.84. The number of piperazine rings is 1. The van der Waals surface area contributed by atoms with Gasteiger partial charge in [-0.15, -0.1) is 0 Å². The van der Waals surface area contributed by atoms with Crippen molar-refractivity contribution in [2.45, 2.75) is 26.3 Å². The van der Waals surface area contributed by atoms with Gasteiger partial charge in [-0.2, -0.15) is 0 Å². The topological polar surface area (TPSA) is 44.0 Å². The largest absolute Gasteiger partial charge is 0.342 e. The van der Waals surface area contributed by atoms with Crippen LogP contribution in [0.4, 0.5) is 0 Å². The highest BCUT2D eigenvalue weighted by molar-refractivity contribution is 5.79. The molecule has 2 aromatic carbocycles. The number of hydrogen-bond donors (Lipinski definition) is 2. The third-order valence-electron chi connectivity index (χ3n) is 5.35. The molecule has 4 rings (SSSR count). The minimum absolute atomic E-state index is 0.426. The Kier molecular flexibility index (Phi) is 4.55. The number of nitrogens with one attached hydrogen (secondary N) is 2. The molecule has 0 amide bonds. The van der Waals surface area contributed by atoms with Crippen LogP contribution in [0.1, 0.15) is 28.6 Å². The van der Waals surface area contributed by atoms with E-state index in [1.165, 1.54) is 16.7 Å². The molecule has 1 saturated heterocycles. The standard InChI is InChI=1S/C21H26N4/c1-15-8-9-18-21(16(15)2)24-20(23-18)10-12-25-13-11-22-19(14-25)17-6-4-3-5-7-17/h3-9,19,22H,10-14H2,1-2H3,(H,23,24). The zero-order valence-corrected chi connectivity index (χ0v) is 15.0. The van der Waals surface area contributed by atoms with Crippen molar-refractivity contribution in [3.8, 4) is 0 Å². The number of rotatable bonds is 4. The maximum Gasteiger partial charge on any atom is 0.108 e. The van der Waals surface area contributed by atoms with Crippen LogP contribution in [0.15, 0.2) is 42.5 Å². The Labute approximate surface area is 149 Å². The van der Waals surface area contributed by atoms with Gasteiger partial charge in [-0.3, -0.25) is 4.90 Å². The van der Waals surface area contributed by atoms with E-state index in [0.29, 0.717) is 6.04 Å². The van der Waals surface area contributed by atoms with E-state index in [9.17, 15) is 0 Å². The number of aryl methyl sites for hydroxylation is 2. The first-order valence-electron chi connectivity index (χ1n) is 9.16. The second kappa shape index (κ2) is 6.98. The SMILES string of the molecule is Cc1ccc2[nH]c(CCN3CCNC(c4ccccc4)C3)nc2c1C. The first-order chi connectivity index (χ1) is 12.2. The van der Waals surface area contributed by atoms with Crippen LogP contribution in [-0.4, -0.2) is 41.0 Å². The van der Waals surface area contributed by atoms with Crippen LogP contribution in [0.3, 0.4) is 0 Å². The monoisotopic (exact) mass is 334 g/mol. The summed E-state index contributed by atoms with van der Waals surface area (Å²) in [5.74, 6) is 1.10. The summed E-state index contributed by atoms with van der Waals surface area (Å²) in [5.41, 5.74) is 6.24. The molecule has 2 heterocycles. The predicted octanol–water partition coefficient (Wildman–Crippen LogP) is 3.37. The van der Waals surface area contributed by atoms with Crippen LogP contribution >= 0.6 is 0 Å². The number of aromatic amines is 1. The van der Waals surface area contributed by atoms with Crippen molar-refractivity contribution in [1.82, 2.24) is 20.2 Å². The lowest BCUT2D eigenvalue weighted by Crippen LogP contribution is -2.46. The predicted molar refractivity (Wildman–Crippen MR) is 103 cm³/mol. The van der Waals surface area contributed by atoms with Crippen molar-refractivity contribution in [3.63, 3.8) is 0 Å². The zero-order chi connectivity index (χ0) is 17.2. The van der Waals surface area contributed by atoms with E-state index in [4.69, 9.17) is 4.98 Å². The Bertz CT molecular complexity index is 853. The third-order valence-corrected chi connectivity index (χ3v) is 5.35. The van der Waals surface area contributed by atoms with Crippen molar-refractivity contribution in [2.75, 3.05) is 26.2 Å². The first-order valence-corrected chi connectivity index (χ1v) is 9.16. The minimum Gasteiger partial charge on any atom is -0.342 e. The molecule has 1 aliphatic rings. The summed E-state index contributed by atoms with van der Waals surface area (Å²) >= 11 is 0. The van der Waals surface area contributed by atoms with Crippen molar-refractivity contribution in [2.24, 2.45) is 0 Å². The highest BCUT2D eigenvalue weighted by Crippen LogP contribution is 2.20. The smallest absolute Gasteiger partial charge is 0.108 e. The molecule has 0 spiro atoms. The van der Waals surface area contributed by atoms with E-state index in [1.807, 2.05) is 0 Å². The zero-order valence-electron chi connectivity index (χ0n) is 15.0. The average Bonchev–Trinajstić information content (AvgIpc) is 3.08. The van der Waals surface area contributed by atoms with Crippen LogP contribution in [0.5, 0.6) is 0 Å². The Balaban J connectivity index is 1.42. The van der Waals surface area contributed by atoms with Gasteiger partial charge >= 0.3 is 0 Å². The van der Waals surface area contributed by atoms with Crippen molar-refractivity contribution < 1.29 is 0 Å². The number of hydrogen-bond acceptors (Lipinski definition) is 3. The van der Waals surface area contributed by atoms with E-state index in [-0.39, 0.29) is 0 Å². The normalized spacial score (nSPS) is 18.7. The molecule has 4 nitrogen and oxygen atoms in total. The molecule has 1 fully saturated rings. The minimum atomic E-state index is 0.426. The van der Waals surface area contributed by atoms with Crippen molar-refractivity contribution in [1.29, 1.82) is 0 Å². The fourth-order valence-corrected chi connectivity index (χ4v) is 3.67. The average molecular weight is 334 g/mol. The molecular formula is C21H26N4. The third kappa shape index (κ3) is 3.46. The molecule has 2 N–H and O–H groups in total. The molecule has 3 aromatic rings. The summed E-state index contributed by atoms with van der Waals surface area (Å²) in [6.07, 6.45) is 0.967. The Morgan fingerprint density at radius 2 is 1.96 bits per heavy atom. The van der Waals surface area contributed by atoms with Crippen LogP contribution < -0.4 is 5.32 Å². The number of fused-ring (bicyclic) bond motifs is 1.